The molecular formula is C17H13ClO2. The highest BCUT2D eigenvalue weighted by Crippen LogP contribution is 2.30. The summed E-state index contributed by atoms with van der Waals surface area (Å²) < 4.78 is 5.12. The van der Waals surface area contributed by atoms with Crippen LogP contribution in [0.2, 0.25) is 5.02 Å². The predicted octanol–water partition coefficient (Wildman–Crippen LogP) is 4.17. The number of rotatable bonds is 2. The molecule has 3 rings (SSSR count). The lowest BCUT2D eigenvalue weighted by Gasteiger charge is -2.00. The molecule has 0 fully saturated rings. The standard InChI is InChI=1S/C17H13ClO2/c1-20-15-5-2-11(3-6-15)8-13-9-12-10-14(18)4-7-16(12)17(13)19/h2-8,10H,9H2,1H3/b13-8+. The fourth-order valence-electron chi connectivity index (χ4n) is 2.41. The van der Waals surface area contributed by atoms with Gasteiger partial charge < -0.3 is 4.74 Å². The molecule has 2 aromatic rings. The Balaban J connectivity index is 1.92. The second-order valence-corrected chi connectivity index (χ2v) is 5.19. The lowest BCUT2D eigenvalue weighted by Crippen LogP contribution is -1.95. The maximum atomic E-state index is 12.3. The SMILES string of the molecule is COc1ccc(/C=C2\Cc3cc(Cl)ccc3C2=O)cc1. The Hall–Kier alpha value is -2.06. The van der Waals surface area contributed by atoms with Crippen molar-refractivity contribution in [3.63, 3.8) is 0 Å². The van der Waals surface area contributed by atoms with E-state index >= 15 is 0 Å². The van der Waals surface area contributed by atoms with Gasteiger partial charge in [0.1, 0.15) is 5.75 Å². The van der Waals surface area contributed by atoms with Crippen molar-refractivity contribution in [3.8, 4) is 5.75 Å². The number of methoxy groups -OCH3 is 1. The summed E-state index contributed by atoms with van der Waals surface area (Å²) in [6, 6.07) is 13.1. The number of hydrogen-bond acceptors (Lipinski definition) is 2. The molecule has 0 radical (unpaired) electrons. The smallest absolute Gasteiger partial charge is 0.189 e. The number of Topliss-reactive ketones (excluding diaryl/α,β-unsaturated/α-hetero) is 1. The number of allylic oxidation sites excluding steroid dienone is 1. The number of halogens is 1. The molecule has 0 N–H and O–H groups in total. The van der Waals surface area contributed by atoms with Crippen molar-refractivity contribution in [2.75, 3.05) is 7.11 Å². The normalized spacial score (nSPS) is 15.5. The number of fused-ring (bicyclic) bond motifs is 1. The van der Waals surface area contributed by atoms with Gasteiger partial charge in [0.25, 0.3) is 0 Å². The summed E-state index contributed by atoms with van der Waals surface area (Å²) in [5.74, 6) is 0.896. The Labute approximate surface area is 122 Å². The van der Waals surface area contributed by atoms with E-state index in [4.69, 9.17) is 16.3 Å². The summed E-state index contributed by atoms with van der Waals surface area (Å²) >= 11 is 5.97. The van der Waals surface area contributed by atoms with Crippen molar-refractivity contribution in [1.82, 2.24) is 0 Å². The summed E-state index contributed by atoms with van der Waals surface area (Å²) in [5, 5.41) is 0.669. The monoisotopic (exact) mass is 284 g/mol. The van der Waals surface area contributed by atoms with Gasteiger partial charge in [0, 0.05) is 22.6 Å². The Morgan fingerprint density at radius 2 is 1.90 bits per heavy atom. The van der Waals surface area contributed by atoms with Crippen LogP contribution in [0, 0.1) is 0 Å². The number of carbonyl (C=O) groups is 1. The van der Waals surface area contributed by atoms with Crippen molar-refractivity contribution >= 4 is 23.5 Å². The lowest BCUT2D eigenvalue weighted by atomic mass is 10.1. The minimum atomic E-state index is 0.0903. The highest BCUT2D eigenvalue weighted by Gasteiger charge is 2.24. The highest BCUT2D eigenvalue weighted by molar-refractivity contribution is 6.31. The van der Waals surface area contributed by atoms with Crippen molar-refractivity contribution in [2.45, 2.75) is 6.42 Å². The van der Waals surface area contributed by atoms with Crippen LogP contribution in [0.15, 0.2) is 48.0 Å². The van der Waals surface area contributed by atoms with E-state index in [9.17, 15) is 4.79 Å². The van der Waals surface area contributed by atoms with Crippen LogP contribution in [-0.4, -0.2) is 12.9 Å². The molecule has 20 heavy (non-hydrogen) atoms. The molecule has 0 amide bonds. The third kappa shape index (κ3) is 2.35. The van der Waals surface area contributed by atoms with Gasteiger partial charge in [-0.3, -0.25) is 4.79 Å². The molecule has 1 aliphatic carbocycles. The molecule has 2 nitrogen and oxygen atoms in total. The highest BCUT2D eigenvalue weighted by atomic mass is 35.5. The summed E-state index contributed by atoms with van der Waals surface area (Å²) in [6.07, 6.45) is 2.57. The van der Waals surface area contributed by atoms with Crippen LogP contribution in [0.1, 0.15) is 21.5 Å². The minimum Gasteiger partial charge on any atom is -0.497 e. The van der Waals surface area contributed by atoms with Gasteiger partial charge in [-0.25, -0.2) is 0 Å². The van der Waals surface area contributed by atoms with Crippen LogP contribution >= 0.6 is 11.6 Å². The topological polar surface area (TPSA) is 26.3 Å². The third-order valence-corrected chi connectivity index (χ3v) is 3.68. The first-order chi connectivity index (χ1) is 9.67. The van der Waals surface area contributed by atoms with E-state index < -0.39 is 0 Å². The van der Waals surface area contributed by atoms with Gasteiger partial charge in [-0.05, 0) is 47.5 Å². The van der Waals surface area contributed by atoms with Crippen LogP contribution < -0.4 is 4.74 Å². The molecular weight excluding hydrogens is 272 g/mol. The zero-order valence-electron chi connectivity index (χ0n) is 11.0. The molecule has 0 bridgehead atoms. The van der Waals surface area contributed by atoms with E-state index in [-0.39, 0.29) is 5.78 Å². The minimum absolute atomic E-state index is 0.0903. The fraction of sp³-hybridized carbons (Fsp3) is 0.118. The van der Waals surface area contributed by atoms with Gasteiger partial charge in [-0.1, -0.05) is 23.7 Å². The molecule has 0 aromatic heterocycles. The molecule has 0 heterocycles. The van der Waals surface area contributed by atoms with Gasteiger partial charge in [-0.15, -0.1) is 0 Å². The van der Waals surface area contributed by atoms with E-state index in [2.05, 4.69) is 0 Å². The Morgan fingerprint density at radius 1 is 1.15 bits per heavy atom. The lowest BCUT2D eigenvalue weighted by molar-refractivity contribution is 0.104. The van der Waals surface area contributed by atoms with Gasteiger partial charge >= 0.3 is 0 Å². The van der Waals surface area contributed by atoms with E-state index in [1.54, 1.807) is 19.2 Å². The molecule has 100 valence electrons. The second kappa shape index (κ2) is 5.14. The molecule has 0 saturated heterocycles. The largest absolute Gasteiger partial charge is 0.497 e. The van der Waals surface area contributed by atoms with Crippen LogP contribution in [0.5, 0.6) is 5.75 Å². The molecule has 0 unspecified atom stereocenters. The quantitative estimate of drug-likeness (QED) is 0.774. The average Bonchev–Trinajstić information content (AvgIpc) is 2.75. The summed E-state index contributed by atoms with van der Waals surface area (Å²) in [5.41, 5.74) is 3.55. The molecule has 0 spiro atoms. The van der Waals surface area contributed by atoms with Crippen molar-refractivity contribution in [2.24, 2.45) is 0 Å². The van der Waals surface area contributed by atoms with Crippen molar-refractivity contribution in [3.05, 3.63) is 69.8 Å². The molecule has 0 atom stereocenters. The number of ketones is 1. The van der Waals surface area contributed by atoms with E-state index in [0.29, 0.717) is 11.4 Å². The molecule has 2 aromatic carbocycles. The fourth-order valence-corrected chi connectivity index (χ4v) is 2.60. The first kappa shape index (κ1) is 12.9. The number of ether oxygens (including phenoxy) is 1. The van der Waals surface area contributed by atoms with Crippen LogP contribution in [-0.2, 0) is 6.42 Å². The molecule has 3 heteroatoms. The van der Waals surface area contributed by atoms with Gasteiger partial charge in [0.15, 0.2) is 5.78 Å². The number of carbonyl (C=O) groups excluding carboxylic acids is 1. The van der Waals surface area contributed by atoms with Crippen molar-refractivity contribution < 1.29 is 9.53 Å². The van der Waals surface area contributed by atoms with E-state index in [1.807, 2.05) is 36.4 Å². The Kier molecular flexibility index (Phi) is 3.33. The van der Waals surface area contributed by atoms with Crippen molar-refractivity contribution in [1.29, 1.82) is 0 Å². The van der Waals surface area contributed by atoms with Crippen LogP contribution in [0.4, 0.5) is 0 Å². The average molecular weight is 285 g/mol. The van der Waals surface area contributed by atoms with Crippen LogP contribution in [0.25, 0.3) is 6.08 Å². The first-order valence-corrected chi connectivity index (χ1v) is 6.73. The molecule has 1 aliphatic rings. The maximum absolute atomic E-state index is 12.3. The zero-order chi connectivity index (χ0) is 14.1. The van der Waals surface area contributed by atoms with Crippen LogP contribution in [0.3, 0.4) is 0 Å². The second-order valence-electron chi connectivity index (χ2n) is 4.75. The predicted molar refractivity (Wildman–Crippen MR) is 80.5 cm³/mol. The summed E-state index contributed by atoms with van der Waals surface area (Å²) in [7, 11) is 1.63. The maximum Gasteiger partial charge on any atom is 0.189 e. The third-order valence-electron chi connectivity index (χ3n) is 3.44. The van der Waals surface area contributed by atoms with Gasteiger partial charge in [0.05, 0.1) is 7.11 Å². The number of hydrogen-bond donors (Lipinski definition) is 0. The zero-order valence-corrected chi connectivity index (χ0v) is 11.8. The number of benzene rings is 2. The molecule has 0 saturated carbocycles. The molecule has 0 aliphatic heterocycles. The van der Waals surface area contributed by atoms with Gasteiger partial charge in [0.2, 0.25) is 0 Å². The summed E-state index contributed by atoms with van der Waals surface area (Å²) in [6.45, 7) is 0. The Bertz CT molecular complexity index is 699. The van der Waals surface area contributed by atoms with E-state index in [1.165, 1.54) is 0 Å². The van der Waals surface area contributed by atoms with Gasteiger partial charge in [-0.2, -0.15) is 0 Å². The van der Waals surface area contributed by atoms with E-state index in [0.717, 1.165) is 28.0 Å². The first-order valence-electron chi connectivity index (χ1n) is 6.35. The Morgan fingerprint density at radius 3 is 2.60 bits per heavy atom. The summed E-state index contributed by atoms with van der Waals surface area (Å²) in [4.78, 5) is 12.3.